The Morgan fingerprint density at radius 3 is 2.48 bits per heavy atom. The van der Waals surface area contributed by atoms with Gasteiger partial charge in [-0.1, -0.05) is 37.3 Å². The van der Waals surface area contributed by atoms with Crippen LogP contribution in [0.4, 0.5) is 5.69 Å². The molecule has 2 aromatic carbocycles. The van der Waals surface area contributed by atoms with Gasteiger partial charge in [0.25, 0.3) is 5.91 Å². The Kier molecular flexibility index (Phi) is 5.88. The number of carbonyl (C=O) groups excluding carboxylic acids is 2. The zero-order valence-electron chi connectivity index (χ0n) is 13.0. The van der Waals surface area contributed by atoms with Crippen molar-refractivity contribution in [1.29, 1.82) is 0 Å². The highest BCUT2D eigenvalue weighted by atomic mass is 16.5. The molecule has 0 spiro atoms. The van der Waals surface area contributed by atoms with Crippen molar-refractivity contribution in [2.24, 2.45) is 0 Å². The number of hydroxylamine groups is 1. The quantitative estimate of drug-likeness (QED) is 0.636. The lowest BCUT2D eigenvalue weighted by molar-refractivity contribution is -0.118. The largest absolute Gasteiger partial charge is 0.312 e. The minimum absolute atomic E-state index is 0.0281. The van der Waals surface area contributed by atoms with E-state index in [1.807, 2.05) is 37.3 Å². The van der Waals surface area contributed by atoms with Crippen LogP contribution in [-0.4, -0.2) is 23.6 Å². The van der Waals surface area contributed by atoms with E-state index in [0.29, 0.717) is 12.1 Å². The first-order valence-corrected chi connectivity index (χ1v) is 7.54. The molecular weight excluding hydrogens is 292 g/mol. The normalized spacial score (nSPS) is 10.2. The van der Waals surface area contributed by atoms with Gasteiger partial charge >= 0.3 is 0 Å². The predicted octanol–water partition coefficient (Wildman–Crippen LogP) is 2.79. The molecule has 0 aliphatic rings. The fourth-order valence-electron chi connectivity index (χ4n) is 2.39. The zero-order chi connectivity index (χ0) is 16.7. The highest BCUT2D eigenvalue weighted by Gasteiger charge is 2.16. The number of hydrogen-bond acceptors (Lipinski definition) is 3. The van der Waals surface area contributed by atoms with Gasteiger partial charge in [-0.2, -0.15) is 0 Å². The van der Waals surface area contributed by atoms with Crippen LogP contribution in [0.2, 0.25) is 0 Å². The molecule has 0 atom stereocenters. The van der Waals surface area contributed by atoms with Crippen molar-refractivity contribution in [2.75, 3.05) is 11.4 Å². The van der Waals surface area contributed by atoms with E-state index in [9.17, 15) is 9.59 Å². The molecule has 2 aromatic rings. The maximum Gasteiger partial charge on any atom is 0.274 e. The van der Waals surface area contributed by atoms with Crippen molar-refractivity contribution in [1.82, 2.24) is 5.48 Å². The number of amides is 2. The van der Waals surface area contributed by atoms with Gasteiger partial charge in [0, 0.05) is 17.8 Å². The first-order valence-electron chi connectivity index (χ1n) is 7.54. The van der Waals surface area contributed by atoms with Crippen LogP contribution in [-0.2, 0) is 11.2 Å². The highest BCUT2D eigenvalue weighted by Crippen LogP contribution is 2.16. The van der Waals surface area contributed by atoms with E-state index >= 15 is 0 Å². The van der Waals surface area contributed by atoms with E-state index in [2.05, 4.69) is 0 Å². The summed E-state index contributed by atoms with van der Waals surface area (Å²) in [6.45, 7) is 2.66. The molecule has 120 valence electrons. The van der Waals surface area contributed by atoms with Crippen molar-refractivity contribution in [2.45, 2.75) is 19.8 Å². The molecule has 0 heterocycles. The monoisotopic (exact) mass is 312 g/mol. The van der Waals surface area contributed by atoms with E-state index in [0.717, 1.165) is 17.7 Å². The molecule has 5 nitrogen and oxygen atoms in total. The van der Waals surface area contributed by atoms with Crippen LogP contribution >= 0.6 is 0 Å². The van der Waals surface area contributed by atoms with E-state index in [-0.39, 0.29) is 12.3 Å². The maximum atomic E-state index is 12.6. The lowest BCUT2D eigenvalue weighted by Gasteiger charge is -2.22. The summed E-state index contributed by atoms with van der Waals surface area (Å²) >= 11 is 0. The molecule has 0 unspecified atom stereocenters. The van der Waals surface area contributed by atoms with Crippen LogP contribution < -0.4 is 10.4 Å². The SMILES string of the molecule is CCCN(C(=O)Cc1cccc(C(=O)NO)c1)c1ccccc1. The summed E-state index contributed by atoms with van der Waals surface area (Å²) in [5, 5.41) is 8.69. The van der Waals surface area contributed by atoms with Crippen LogP contribution in [0.5, 0.6) is 0 Å². The predicted molar refractivity (Wildman–Crippen MR) is 88.5 cm³/mol. The van der Waals surface area contributed by atoms with Gasteiger partial charge in [-0.3, -0.25) is 14.8 Å². The van der Waals surface area contributed by atoms with E-state index in [1.54, 1.807) is 34.6 Å². The molecule has 0 aromatic heterocycles. The summed E-state index contributed by atoms with van der Waals surface area (Å²) in [6, 6.07) is 16.2. The van der Waals surface area contributed by atoms with Crippen molar-refractivity contribution in [3.63, 3.8) is 0 Å². The molecule has 0 fully saturated rings. The summed E-state index contributed by atoms with van der Waals surface area (Å²) < 4.78 is 0. The Bertz CT molecular complexity index is 671. The van der Waals surface area contributed by atoms with E-state index < -0.39 is 5.91 Å². The average Bonchev–Trinajstić information content (AvgIpc) is 2.59. The molecule has 23 heavy (non-hydrogen) atoms. The first-order chi connectivity index (χ1) is 11.2. The standard InChI is InChI=1S/C18H20N2O3/c1-2-11-20(16-9-4-3-5-10-16)17(21)13-14-7-6-8-15(12-14)18(22)19-23/h3-10,12,23H,2,11,13H2,1H3,(H,19,22). The number of anilines is 1. The van der Waals surface area contributed by atoms with Gasteiger partial charge in [0.2, 0.25) is 5.91 Å². The summed E-state index contributed by atoms with van der Waals surface area (Å²) in [5.41, 5.74) is 3.51. The zero-order valence-corrected chi connectivity index (χ0v) is 13.0. The molecule has 2 amide bonds. The van der Waals surface area contributed by atoms with Gasteiger partial charge in [-0.05, 0) is 36.2 Å². The van der Waals surface area contributed by atoms with Crippen LogP contribution in [0.15, 0.2) is 54.6 Å². The minimum Gasteiger partial charge on any atom is -0.312 e. The number of nitrogens with one attached hydrogen (secondary N) is 1. The van der Waals surface area contributed by atoms with Gasteiger partial charge in [-0.25, -0.2) is 5.48 Å². The number of nitrogens with zero attached hydrogens (tertiary/aromatic N) is 1. The molecule has 0 saturated heterocycles. The van der Waals surface area contributed by atoms with Crippen molar-refractivity contribution >= 4 is 17.5 Å². The van der Waals surface area contributed by atoms with Crippen molar-refractivity contribution in [3.8, 4) is 0 Å². The smallest absolute Gasteiger partial charge is 0.274 e. The molecule has 2 rings (SSSR count). The van der Waals surface area contributed by atoms with Crippen LogP contribution in [0, 0.1) is 0 Å². The summed E-state index contributed by atoms with van der Waals surface area (Å²) in [6.07, 6.45) is 1.05. The lowest BCUT2D eigenvalue weighted by Crippen LogP contribution is -2.33. The van der Waals surface area contributed by atoms with Crippen LogP contribution in [0.25, 0.3) is 0 Å². The van der Waals surface area contributed by atoms with Gasteiger partial charge in [0.1, 0.15) is 0 Å². The van der Waals surface area contributed by atoms with Gasteiger partial charge in [-0.15, -0.1) is 0 Å². The minimum atomic E-state index is -0.590. The van der Waals surface area contributed by atoms with E-state index in [4.69, 9.17) is 5.21 Å². The molecule has 0 aliphatic carbocycles. The Morgan fingerprint density at radius 1 is 1.09 bits per heavy atom. The molecule has 0 saturated carbocycles. The Labute approximate surface area is 135 Å². The highest BCUT2D eigenvalue weighted by molar-refractivity contribution is 5.96. The Balaban J connectivity index is 2.17. The second-order valence-corrected chi connectivity index (χ2v) is 5.20. The molecule has 2 N–H and O–H groups in total. The molecular formula is C18H20N2O3. The first kappa shape index (κ1) is 16.7. The summed E-state index contributed by atoms with van der Waals surface area (Å²) in [5.74, 6) is -0.618. The molecule has 0 radical (unpaired) electrons. The van der Waals surface area contributed by atoms with E-state index in [1.165, 1.54) is 0 Å². The molecule has 0 aliphatic heterocycles. The van der Waals surface area contributed by atoms with Gasteiger partial charge < -0.3 is 4.90 Å². The van der Waals surface area contributed by atoms with Gasteiger partial charge in [0.05, 0.1) is 6.42 Å². The average molecular weight is 312 g/mol. The van der Waals surface area contributed by atoms with Crippen LogP contribution in [0.1, 0.15) is 29.3 Å². The lowest BCUT2D eigenvalue weighted by atomic mass is 10.1. The van der Waals surface area contributed by atoms with Crippen molar-refractivity contribution in [3.05, 3.63) is 65.7 Å². The fraction of sp³-hybridized carbons (Fsp3) is 0.222. The fourth-order valence-corrected chi connectivity index (χ4v) is 2.39. The molecule has 5 heteroatoms. The van der Waals surface area contributed by atoms with Gasteiger partial charge in [0.15, 0.2) is 0 Å². The summed E-state index contributed by atoms with van der Waals surface area (Å²) in [4.78, 5) is 25.8. The number of rotatable bonds is 6. The number of para-hydroxylation sites is 1. The third-order valence-corrected chi connectivity index (χ3v) is 3.46. The third kappa shape index (κ3) is 4.40. The number of benzene rings is 2. The number of carbonyl (C=O) groups is 2. The molecule has 0 bridgehead atoms. The Hall–Kier alpha value is -2.66. The third-order valence-electron chi connectivity index (χ3n) is 3.46. The number of hydrogen-bond donors (Lipinski definition) is 2. The second kappa shape index (κ2) is 8.10. The van der Waals surface area contributed by atoms with Crippen molar-refractivity contribution < 1.29 is 14.8 Å². The summed E-state index contributed by atoms with van der Waals surface area (Å²) in [7, 11) is 0. The second-order valence-electron chi connectivity index (χ2n) is 5.20. The maximum absolute atomic E-state index is 12.6. The van der Waals surface area contributed by atoms with Crippen LogP contribution in [0.3, 0.4) is 0 Å². The Morgan fingerprint density at radius 2 is 1.83 bits per heavy atom. The topological polar surface area (TPSA) is 69.6 Å².